The van der Waals surface area contributed by atoms with Gasteiger partial charge >= 0.3 is 0 Å². The topological polar surface area (TPSA) is 26.0 Å². The first-order chi connectivity index (χ1) is 10.8. The van der Waals surface area contributed by atoms with Gasteiger partial charge in [0.2, 0.25) is 0 Å². The number of hydrogen-bond donors (Lipinski definition) is 1. The van der Waals surface area contributed by atoms with Gasteiger partial charge in [-0.3, -0.25) is 0 Å². The standard InChI is InChI=1S/C19H39NPSi/c1-22(20)21(17-11-5-2-6-12-17,18-13-7-3-8-14-18)19-15-9-4-10-16-19/h17-19,22H,2-16,20H2,1H3/q+1. The van der Waals surface area contributed by atoms with Crippen molar-refractivity contribution in [2.75, 3.05) is 0 Å². The molecule has 1 atom stereocenters. The van der Waals surface area contributed by atoms with Crippen LogP contribution in [0.25, 0.3) is 0 Å². The van der Waals surface area contributed by atoms with Crippen LogP contribution < -0.4 is 5.40 Å². The van der Waals surface area contributed by atoms with Crippen molar-refractivity contribution in [3.63, 3.8) is 0 Å². The van der Waals surface area contributed by atoms with Crippen LogP contribution in [0, 0.1) is 0 Å². The van der Waals surface area contributed by atoms with Crippen LogP contribution in [0.1, 0.15) is 96.3 Å². The zero-order chi connectivity index (χ0) is 15.4. The number of nitrogens with two attached hydrogens (primary N) is 1. The highest BCUT2D eigenvalue weighted by molar-refractivity contribution is 8.05. The summed E-state index contributed by atoms with van der Waals surface area (Å²) in [7, 11) is -1.03. The molecule has 0 aromatic rings. The lowest BCUT2D eigenvalue weighted by atomic mass is 9.99. The van der Waals surface area contributed by atoms with Gasteiger partial charge in [-0.2, -0.15) is 0 Å². The molecule has 3 fully saturated rings. The quantitative estimate of drug-likeness (QED) is 0.507. The minimum Gasteiger partial charge on any atom is -0.322 e. The Morgan fingerprint density at radius 3 is 1.09 bits per heavy atom. The van der Waals surface area contributed by atoms with E-state index in [0.29, 0.717) is 0 Å². The molecule has 0 spiro atoms. The molecule has 3 aliphatic rings. The van der Waals surface area contributed by atoms with E-state index in [-0.39, 0.29) is 0 Å². The van der Waals surface area contributed by atoms with Gasteiger partial charge in [-0.15, -0.1) is 0 Å². The van der Waals surface area contributed by atoms with E-state index in [4.69, 9.17) is 5.40 Å². The SMILES string of the molecule is C[SiH](N)[P+](C1CCCCC1)(C1CCCCC1)C1CCCCC1. The maximum Gasteiger partial charge on any atom is 0.285 e. The highest BCUT2D eigenvalue weighted by Gasteiger charge is 2.59. The van der Waals surface area contributed by atoms with Gasteiger partial charge in [0, 0.05) is 0 Å². The lowest BCUT2D eigenvalue weighted by Crippen LogP contribution is -2.46. The average molecular weight is 341 g/mol. The molecule has 0 bridgehead atoms. The molecule has 0 aromatic heterocycles. The van der Waals surface area contributed by atoms with Crippen molar-refractivity contribution in [2.45, 2.75) is 120 Å². The summed E-state index contributed by atoms with van der Waals surface area (Å²) >= 11 is 0. The van der Waals surface area contributed by atoms with Crippen molar-refractivity contribution in [2.24, 2.45) is 5.40 Å². The van der Waals surface area contributed by atoms with E-state index < -0.39 is 15.4 Å². The van der Waals surface area contributed by atoms with Crippen LogP contribution >= 0.6 is 6.81 Å². The normalized spacial score (nSPS) is 28.6. The fourth-order valence-corrected chi connectivity index (χ4v) is 22.7. The zero-order valence-corrected chi connectivity index (χ0v) is 17.0. The predicted octanol–water partition coefficient (Wildman–Crippen LogP) is 5.81. The third kappa shape index (κ3) is 3.35. The molecular weight excluding hydrogens is 301 g/mol. The summed E-state index contributed by atoms with van der Waals surface area (Å²) in [5.41, 5.74) is 3.33. The van der Waals surface area contributed by atoms with Gasteiger partial charge in [0.1, 0.15) is 0 Å². The lowest BCUT2D eigenvalue weighted by Gasteiger charge is -2.51. The molecule has 0 amide bonds. The maximum absolute atomic E-state index is 7.05. The Balaban J connectivity index is 1.92. The minimum atomic E-state index is -1.03. The molecule has 3 heteroatoms. The first-order valence-electron chi connectivity index (χ1n) is 10.4. The highest BCUT2D eigenvalue weighted by Crippen LogP contribution is 2.77. The van der Waals surface area contributed by atoms with Crippen molar-refractivity contribution < 1.29 is 0 Å². The van der Waals surface area contributed by atoms with Crippen LogP contribution in [0.4, 0.5) is 0 Å². The van der Waals surface area contributed by atoms with Crippen LogP contribution in [0.5, 0.6) is 0 Å². The van der Waals surface area contributed by atoms with E-state index in [1.54, 1.807) is 38.5 Å². The first kappa shape index (κ1) is 17.4. The van der Waals surface area contributed by atoms with E-state index >= 15 is 0 Å². The minimum absolute atomic E-state index is 0.878. The van der Waals surface area contributed by atoms with Crippen LogP contribution in [-0.2, 0) is 0 Å². The largest absolute Gasteiger partial charge is 0.322 e. The van der Waals surface area contributed by atoms with Crippen molar-refractivity contribution in [1.29, 1.82) is 0 Å². The van der Waals surface area contributed by atoms with Crippen molar-refractivity contribution >= 4 is 15.4 Å². The summed E-state index contributed by atoms with van der Waals surface area (Å²) in [5.74, 6) is 0. The molecule has 128 valence electrons. The van der Waals surface area contributed by atoms with E-state index in [1.165, 1.54) is 57.8 Å². The molecule has 0 heterocycles. The first-order valence-corrected chi connectivity index (χ1v) is 15.8. The summed E-state index contributed by atoms with van der Waals surface area (Å²) in [6, 6.07) is 0. The third-order valence-electron chi connectivity index (χ3n) is 7.33. The van der Waals surface area contributed by atoms with E-state index in [0.717, 1.165) is 17.0 Å². The molecule has 1 unspecified atom stereocenters. The van der Waals surface area contributed by atoms with E-state index in [1.807, 2.05) is 0 Å². The van der Waals surface area contributed by atoms with Gasteiger partial charge in [-0.05, 0) is 90.4 Å². The van der Waals surface area contributed by atoms with Crippen LogP contribution in [0.2, 0.25) is 6.55 Å². The molecule has 0 aromatic carbocycles. The smallest absolute Gasteiger partial charge is 0.285 e. The molecule has 3 aliphatic carbocycles. The molecular formula is C19H39NPSi+. The van der Waals surface area contributed by atoms with Crippen LogP contribution in [0.3, 0.4) is 0 Å². The molecule has 0 radical (unpaired) electrons. The summed E-state index contributed by atoms with van der Waals surface area (Å²) in [6.07, 6.45) is 23.0. The molecule has 3 rings (SSSR count). The van der Waals surface area contributed by atoms with Gasteiger partial charge in [-0.1, -0.05) is 19.3 Å². The van der Waals surface area contributed by atoms with Gasteiger partial charge in [0.15, 0.2) is 0 Å². The van der Waals surface area contributed by atoms with Crippen molar-refractivity contribution in [3.8, 4) is 0 Å². The van der Waals surface area contributed by atoms with Crippen LogP contribution in [-0.4, -0.2) is 25.6 Å². The molecule has 0 aliphatic heterocycles. The molecule has 3 saturated carbocycles. The Bertz CT molecular complexity index is 283. The van der Waals surface area contributed by atoms with Gasteiger partial charge in [0.05, 0.1) is 17.0 Å². The average Bonchev–Trinajstić information content (AvgIpc) is 2.58. The van der Waals surface area contributed by atoms with Crippen molar-refractivity contribution in [3.05, 3.63) is 0 Å². The molecule has 0 saturated heterocycles. The lowest BCUT2D eigenvalue weighted by molar-refractivity contribution is 0.456. The summed E-state index contributed by atoms with van der Waals surface area (Å²) in [6.45, 7) is 1.70. The fraction of sp³-hybridized carbons (Fsp3) is 1.00. The van der Waals surface area contributed by atoms with Crippen LogP contribution in [0.15, 0.2) is 0 Å². The Hall–Kier alpha value is 0.607. The molecule has 22 heavy (non-hydrogen) atoms. The Morgan fingerprint density at radius 1 is 0.591 bits per heavy atom. The summed E-state index contributed by atoms with van der Waals surface area (Å²) < 4.78 is 0. The Kier molecular flexibility index (Phi) is 6.44. The second kappa shape index (κ2) is 8.12. The maximum atomic E-state index is 7.05. The third-order valence-corrected chi connectivity index (χ3v) is 22.1. The van der Waals surface area contributed by atoms with Gasteiger partial charge in [0.25, 0.3) is 8.63 Å². The van der Waals surface area contributed by atoms with E-state index in [9.17, 15) is 0 Å². The van der Waals surface area contributed by atoms with E-state index in [2.05, 4.69) is 6.55 Å². The number of hydrogen-bond acceptors (Lipinski definition) is 1. The zero-order valence-electron chi connectivity index (χ0n) is 14.9. The molecule has 1 nitrogen and oxygen atoms in total. The fourth-order valence-electron chi connectivity index (χ4n) is 6.48. The highest BCUT2D eigenvalue weighted by atomic mass is 31.4. The molecule has 2 N–H and O–H groups in total. The van der Waals surface area contributed by atoms with Gasteiger partial charge in [-0.25, -0.2) is 0 Å². The second-order valence-electron chi connectivity index (χ2n) is 8.51. The second-order valence-corrected chi connectivity index (χ2v) is 19.1. The van der Waals surface area contributed by atoms with Crippen molar-refractivity contribution in [1.82, 2.24) is 0 Å². The van der Waals surface area contributed by atoms with Gasteiger partial charge < -0.3 is 5.40 Å². The Morgan fingerprint density at radius 2 is 0.864 bits per heavy atom. The Labute approximate surface area is 141 Å². The summed E-state index contributed by atoms with van der Waals surface area (Å²) in [4.78, 5) is 0. The number of rotatable bonds is 4. The monoisotopic (exact) mass is 340 g/mol. The predicted molar refractivity (Wildman–Crippen MR) is 105 cm³/mol. The summed E-state index contributed by atoms with van der Waals surface area (Å²) in [5, 5.41) is 7.05.